The van der Waals surface area contributed by atoms with Crippen molar-refractivity contribution in [1.82, 2.24) is 15.2 Å². The maximum absolute atomic E-state index is 13.7. The number of thioether (sulfide) groups is 1. The lowest BCUT2D eigenvalue weighted by molar-refractivity contribution is -0.117. The van der Waals surface area contributed by atoms with Gasteiger partial charge in [0.25, 0.3) is 5.91 Å². The first kappa shape index (κ1) is 25.1. The molecule has 1 N–H and O–H groups in total. The van der Waals surface area contributed by atoms with E-state index >= 15 is 0 Å². The first-order chi connectivity index (χ1) is 17.2. The molecule has 1 aromatic carbocycles. The van der Waals surface area contributed by atoms with E-state index in [2.05, 4.69) is 15.2 Å². The number of thiophene rings is 1. The molecule has 4 aromatic rings. The fourth-order valence-corrected chi connectivity index (χ4v) is 7.74. The van der Waals surface area contributed by atoms with E-state index in [1.807, 2.05) is 49.6 Å². The summed E-state index contributed by atoms with van der Waals surface area (Å²) in [7, 11) is 0. The minimum atomic E-state index is -0.797. The predicted octanol–water partition coefficient (Wildman–Crippen LogP) is 6.71. The Kier molecular flexibility index (Phi) is 7.01. The van der Waals surface area contributed by atoms with Crippen LogP contribution in [0.2, 0.25) is 5.02 Å². The summed E-state index contributed by atoms with van der Waals surface area (Å²) in [4.78, 5) is 34.0. The molecule has 0 spiro atoms. The summed E-state index contributed by atoms with van der Waals surface area (Å²) in [5, 5.41) is 23.1. The van der Waals surface area contributed by atoms with Gasteiger partial charge >= 0.3 is 0 Å². The van der Waals surface area contributed by atoms with Gasteiger partial charge in [-0.3, -0.25) is 14.5 Å². The highest BCUT2D eigenvalue weighted by molar-refractivity contribution is 8.00. The van der Waals surface area contributed by atoms with Gasteiger partial charge in [-0.1, -0.05) is 46.8 Å². The molecule has 0 radical (unpaired) electrons. The van der Waals surface area contributed by atoms with E-state index in [9.17, 15) is 14.7 Å². The standard InChI is InChI=1S/C24H19ClN4O3S4/c1-11-8-9-33-20(11)17-16(18(30)21-12(2)26-13(3)35-21)19(31)22(32)29(17)23-27-28-24(36-23)34-10-14-4-6-15(25)7-5-14/h4-9,17,31H,10H2,1-3H3. The quantitative estimate of drug-likeness (QED) is 0.149. The third-order valence-electron chi connectivity index (χ3n) is 5.59. The fraction of sp³-hybridized carbons (Fsp3) is 0.208. The first-order valence-corrected chi connectivity index (χ1v) is 14.6. The van der Waals surface area contributed by atoms with Crippen LogP contribution in [0, 0.1) is 20.8 Å². The lowest BCUT2D eigenvalue weighted by atomic mass is 9.99. The van der Waals surface area contributed by atoms with Crippen LogP contribution in [-0.2, 0) is 10.5 Å². The number of thiazole rings is 1. The third-order valence-corrected chi connectivity index (χ3v) is 10.1. The number of carbonyl (C=O) groups excluding carboxylic acids is 2. The van der Waals surface area contributed by atoms with Crippen LogP contribution in [0.25, 0.3) is 0 Å². The lowest BCUT2D eigenvalue weighted by Gasteiger charge is -2.23. The molecular formula is C24H19ClN4O3S4. The van der Waals surface area contributed by atoms with Crippen LogP contribution in [0.1, 0.15) is 42.4 Å². The van der Waals surface area contributed by atoms with E-state index in [1.54, 1.807) is 6.92 Å². The van der Waals surface area contributed by atoms with Crippen molar-refractivity contribution in [3.63, 3.8) is 0 Å². The number of ketones is 1. The van der Waals surface area contributed by atoms with Crippen molar-refractivity contribution in [3.05, 3.63) is 83.6 Å². The van der Waals surface area contributed by atoms with Crippen molar-refractivity contribution in [2.75, 3.05) is 4.90 Å². The van der Waals surface area contributed by atoms with Gasteiger partial charge in [0.05, 0.1) is 21.2 Å². The van der Waals surface area contributed by atoms with Gasteiger partial charge in [-0.25, -0.2) is 4.98 Å². The molecule has 7 nitrogen and oxygen atoms in total. The average molecular weight is 575 g/mol. The summed E-state index contributed by atoms with van der Waals surface area (Å²) in [6.07, 6.45) is 0. The van der Waals surface area contributed by atoms with Gasteiger partial charge in [-0.2, -0.15) is 0 Å². The number of halogens is 1. The van der Waals surface area contributed by atoms with Crippen LogP contribution in [0.15, 0.2) is 51.4 Å². The number of hydrogen-bond donors (Lipinski definition) is 1. The molecular weight excluding hydrogens is 556 g/mol. The second-order valence-electron chi connectivity index (χ2n) is 8.05. The maximum atomic E-state index is 13.7. The minimum absolute atomic E-state index is 0.0443. The second kappa shape index (κ2) is 10.1. The van der Waals surface area contributed by atoms with Gasteiger partial charge in [0.2, 0.25) is 10.9 Å². The number of aromatic nitrogens is 3. The molecule has 0 fully saturated rings. The van der Waals surface area contributed by atoms with Gasteiger partial charge in [-0.05, 0) is 55.5 Å². The van der Waals surface area contributed by atoms with Crippen molar-refractivity contribution in [1.29, 1.82) is 0 Å². The largest absolute Gasteiger partial charge is 0.503 e. The van der Waals surface area contributed by atoms with Gasteiger partial charge in [-0.15, -0.1) is 32.9 Å². The highest BCUT2D eigenvalue weighted by Crippen LogP contribution is 2.46. The molecule has 1 aliphatic heterocycles. The molecule has 0 saturated carbocycles. The Balaban J connectivity index is 1.49. The molecule has 0 aliphatic carbocycles. The minimum Gasteiger partial charge on any atom is -0.503 e. The number of aliphatic hydroxyl groups is 1. The van der Waals surface area contributed by atoms with Gasteiger partial charge in [0.15, 0.2) is 10.1 Å². The highest BCUT2D eigenvalue weighted by Gasteiger charge is 2.47. The number of hydrogen-bond acceptors (Lipinski definition) is 10. The van der Waals surface area contributed by atoms with E-state index in [-0.39, 0.29) is 5.57 Å². The van der Waals surface area contributed by atoms with E-state index in [1.165, 1.54) is 50.7 Å². The summed E-state index contributed by atoms with van der Waals surface area (Å²) in [5.74, 6) is -0.967. The van der Waals surface area contributed by atoms with Crippen molar-refractivity contribution in [2.24, 2.45) is 0 Å². The zero-order valence-electron chi connectivity index (χ0n) is 19.3. The number of nitrogens with zero attached hydrogens (tertiary/aromatic N) is 4. The molecule has 0 bridgehead atoms. The lowest BCUT2D eigenvalue weighted by Crippen LogP contribution is -2.30. The molecule has 5 rings (SSSR count). The van der Waals surface area contributed by atoms with E-state index < -0.39 is 23.5 Å². The predicted molar refractivity (Wildman–Crippen MR) is 146 cm³/mol. The molecule has 1 aliphatic rings. The number of Topliss-reactive ketones (excluding diaryl/α,β-unsaturated/α-hetero) is 1. The molecule has 0 saturated heterocycles. The van der Waals surface area contributed by atoms with Crippen molar-refractivity contribution >= 4 is 74.2 Å². The van der Waals surface area contributed by atoms with Crippen LogP contribution in [-0.4, -0.2) is 32.0 Å². The Labute approximate surface area is 228 Å². The molecule has 1 amide bonds. The van der Waals surface area contributed by atoms with Crippen LogP contribution in [0.4, 0.5) is 5.13 Å². The number of amides is 1. The second-order valence-corrected chi connectivity index (χ2v) is 12.8. The average Bonchev–Trinajstić information content (AvgIpc) is 3.61. The van der Waals surface area contributed by atoms with Crippen LogP contribution < -0.4 is 4.90 Å². The smallest absolute Gasteiger partial charge is 0.296 e. The van der Waals surface area contributed by atoms with E-state index in [0.29, 0.717) is 30.8 Å². The summed E-state index contributed by atoms with van der Waals surface area (Å²) in [5.41, 5.74) is 2.62. The Morgan fingerprint density at radius 3 is 2.53 bits per heavy atom. The van der Waals surface area contributed by atoms with E-state index in [4.69, 9.17) is 11.6 Å². The van der Waals surface area contributed by atoms with Crippen molar-refractivity contribution < 1.29 is 14.7 Å². The zero-order chi connectivity index (χ0) is 25.6. The van der Waals surface area contributed by atoms with Crippen molar-refractivity contribution in [2.45, 2.75) is 36.9 Å². The summed E-state index contributed by atoms with van der Waals surface area (Å²) in [6.45, 7) is 5.49. The molecule has 4 heterocycles. The summed E-state index contributed by atoms with van der Waals surface area (Å²) >= 11 is 11.4. The Morgan fingerprint density at radius 2 is 1.89 bits per heavy atom. The molecule has 1 atom stereocenters. The molecule has 12 heteroatoms. The number of aliphatic hydroxyl groups excluding tert-OH is 1. The third kappa shape index (κ3) is 4.61. The number of aryl methyl sites for hydroxylation is 3. The Hall–Kier alpha value is -2.57. The van der Waals surface area contributed by atoms with Crippen molar-refractivity contribution in [3.8, 4) is 0 Å². The molecule has 184 valence electrons. The maximum Gasteiger partial charge on any atom is 0.296 e. The van der Waals surface area contributed by atoms with Crippen LogP contribution in [0.5, 0.6) is 0 Å². The monoisotopic (exact) mass is 574 g/mol. The molecule has 3 aromatic heterocycles. The van der Waals surface area contributed by atoms with Gasteiger partial charge < -0.3 is 5.11 Å². The first-order valence-electron chi connectivity index (χ1n) is 10.7. The zero-order valence-corrected chi connectivity index (χ0v) is 23.3. The number of benzene rings is 1. The fourth-order valence-electron chi connectivity index (χ4n) is 3.90. The van der Waals surface area contributed by atoms with Gasteiger partial charge in [0.1, 0.15) is 6.04 Å². The number of rotatable bonds is 7. The Bertz CT molecular complexity index is 1510. The van der Waals surface area contributed by atoms with Crippen LogP contribution in [0.3, 0.4) is 0 Å². The number of anilines is 1. The summed E-state index contributed by atoms with van der Waals surface area (Å²) < 4.78 is 0.669. The van der Waals surface area contributed by atoms with E-state index in [0.717, 1.165) is 21.0 Å². The normalized spacial score (nSPS) is 15.8. The molecule has 36 heavy (non-hydrogen) atoms. The molecule has 1 unspecified atom stereocenters. The topological polar surface area (TPSA) is 96.3 Å². The SMILES string of the molecule is Cc1nc(C)c(C(=O)C2=C(O)C(=O)N(c3nnc(SCc4ccc(Cl)cc4)s3)C2c2sccc2C)s1. The number of carbonyl (C=O) groups is 2. The van der Waals surface area contributed by atoms with Gasteiger partial charge in [0, 0.05) is 15.7 Å². The highest BCUT2D eigenvalue weighted by atomic mass is 35.5. The van der Waals surface area contributed by atoms with Crippen LogP contribution >= 0.6 is 57.4 Å². The Morgan fingerprint density at radius 1 is 1.14 bits per heavy atom. The summed E-state index contributed by atoms with van der Waals surface area (Å²) in [6, 6.07) is 8.68.